The number of anilines is 1. The van der Waals surface area contributed by atoms with Gasteiger partial charge in [-0.3, -0.25) is 0 Å². The highest BCUT2D eigenvalue weighted by atomic mass is 16.6. The first-order chi connectivity index (χ1) is 12.3. The van der Waals surface area contributed by atoms with Crippen LogP contribution < -0.4 is 9.64 Å². The van der Waals surface area contributed by atoms with Crippen LogP contribution in [0.2, 0.25) is 0 Å². The van der Waals surface area contributed by atoms with E-state index in [4.69, 9.17) is 9.72 Å². The van der Waals surface area contributed by atoms with Crippen LogP contribution in [0.15, 0.2) is 66.7 Å². The van der Waals surface area contributed by atoms with Crippen molar-refractivity contribution in [3.05, 3.63) is 66.7 Å². The fraction of sp³-hybridized carbons (Fsp3) is 0.200. The molecule has 1 aromatic heterocycles. The molecule has 2 heterocycles. The molecule has 25 heavy (non-hydrogen) atoms. The Morgan fingerprint density at radius 3 is 2.36 bits per heavy atom. The molecule has 5 heteroatoms. The standard InChI is InChI=1S/C20H19N3O2/c24-20(25-17-7-2-1-3-8-17)23-14-12-22(13-15-23)19-11-10-16-6-4-5-9-18(16)21-19/h1-11H,12-15H2. The number of aromatic nitrogens is 1. The molecule has 0 atom stereocenters. The van der Waals surface area contributed by atoms with Gasteiger partial charge in [0.2, 0.25) is 0 Å². The summed E-state index contributed by atoms with van der Waals surface area (Å²) in [5, 5.41) is 1.14. The minimum atomic E-state index is -0.294. The van der Waals surface area contributed by atoms with E-state index in [1.165, 1.54) is 0 Å². The highest BCUT2D eigenvalue weighted by Crippen LogP contribution is 2.19. The number of benzene rings is 2. The molecule has 2 aromatic carbocycles. The molecule has 0 N–H and O–H groups in total. The van der Waals surface area contributed by atoms with Crippen molar-refractivity contribution in [1.29, 1.82) is 0 Å². The lowest BCUT2D eigenvalue weighted by molar-refractivity contribution is 0.149. The summed E-state index contributed by atoms with van der Waals surface area (Å²) in [6.45, 7) is 2.74. The molecule has 0 bridgehead atoms. The zero-order valence-electron chi connectivity index (χ0n) is 13.8. The molecule has 4 rings (SSSR count). The van der Waals surface area contributed by atoms with Gasteiger partial charge in [-0.1, -0.05) is 36.4 Å². The normalized spacial score (nSPS) is 14.6. The minimum Gasteiger partial charge on any atom is -0.410 e. The molecule has 3 aromatic rings. The van der Waals surface area contributed by atoms with E-state index in [-0.39, 0.29) is 6.09 Å². The first-order valence-electron chi connectivity index (χ1n) is 8.42. The second kappa shape index (κ2) is 6.81. The van der Waals surface area contributed by atoms with Gasteiger partial charge in [-0.05, 0) is 30.3 Å². The van der Waals surface area contributed by atoms with E-state index in [2.05, 4.69) is 17.0 Å². The molecule has 1 aliphatic rings. The Kier molecular flexibility index (Phi) is 4.21. The topological polar surface area (TPSA) is 45.7 Å². The van der Waals surface area contributed by atoms with Crippen LogP contribution in [0, 0.1) is 0 Å². The number of nitrogens with zero attached hydrogens (tertiary/aromatic N) is 3. The lowest BCUT2D eigenvalue weighted by Gasteiger charge is -2.34. The van der Waals surface area contributed by atoms with Gasteiger partial charge in [0.25, 0.3) is 0 Å². The largest absolute Gasteiger partial charge is 0.415 e. The summed E-state index contributed by atoms with van der Waals surface area (Å²) in [5.74, 6) is 1.53. The molecule has 1 saturated heterocycles. The third kappa shape index (κ3) is 3.40. The van der Waals surface area contributed by atoms with E-state index in [0.29, 0.717) is 18.8 Å². The molecule has 0 saturated carbocycles. The van der Waals surface area contributed by atoms with Gasteiger partial charge in [-0.15, -0.1) is 0 Å². The minimum absolute atomic E-state index is 0.294. The van der Waals surface area contributed by atoms with Crippen molar-refractivity contribution in [2.75, 3.05) is 31.1 Å². The second-order valence-corrected chi connectivity index (χ2v) is 6.02. The van der Waals surface area contributed by atoms with Crippen molar-refractivity contribution >= 4 is 22.8 Å². The number of hydrogen-bond donors (Lipinski definition) is 0. The molecule has 5 nitrogen and oxygen atoms in total. The van der Waals surface area contributed by atoms with Crippen molar-refractivity contribution in [1.82, 2.24) is 9.88 Å². The highest BCUT2D eigenvalue weighted by Gasteiger charge is 2.23. The van der Waals surface area contributed by atoms with Crippen LogP contribution in [0.25, 0.3) is 10.9 Å². The third-order valence-electron chi connectivity index (χ3n) is 4.39. The number of rotatable bonds is 2. The quantitative estimate of drug-likeness (QED) is 0.719. The average molecular weight is 333 g/mol. The Hall–Kier alpha value is -3.08. The summed E-state index contributed by atoms with van der Waals surface area (Å²) in [6, 6.07) is 21.4. The van der Waals surface area contributed by atoms with Crippen LogP contribution in [0.3, 0.4) is 0 Å². The summed E-state index contributed by atoms with van der Waals surface area (Å²) in [5.41, 5.74) is 0.992. The van der Waals surface area contributed by atoms with Gasteiger partial charge >= 0.3 is 6.09 Å². The fourth-order valence-corrected chi connectivity index (χ4v) is 3.00. The van der Waals surface area contributed by atoms with E-state index in [1.807, 2.05) is 42.5 Å². The lowest BCUT2D eigenvalue weighted by atomic mass is 10.2. The molecular formula is C20H19N3O2. The van der Waals surface area contributed by atoms with E-state index in [0.717, 1.165) is 29.8 Å². The number of amides is 1. The van der Waals surface area contributed by atoms with Gasteiger partial charge in [0, 0.05) is 31.6 Å². The Labute approximate surface area is 146 Å². The van der Waals surface area contributed by atoms with E-state index in [9.17, 15) is 4.79 Å². The molecule has 0 unspecified atom stereocenters. The van der Waals surface area contributed by atoms with Gasteiger partial charge in [0.05, 0.1) is 5.52 Å². The van der Waals surface area contributed by atoms with E-state index < -0.39 is 0 Å². The third-order valence-corrected chi connectivity index (χ3v) is 4.39. The molecule has 126 valence electrons. The fourth-order valence-electron chi connectivity index (χ4n) is 3.00. The van der Waals surface area contributed by atoms with Gasteiger partial charge in [0.15, 0.2) is 0 Å². The van der Waals surface area contributed by atoms with Crippen LogP contribution in [0.5, 0.6) is 5.75 Å². The molecule has 0 spiro atoms. The Bertz CT molecular complexity index is 874. The number of para-hydroxylation sites is 2. The Balaban J connectivity index is 1.39. The van der Waals surface area contributed by atoms with Crippen molar-refractivity contribution in [2.45, 2.75) is 0 Å². The number of carbonyl (C=O) groups is 1. The lowest BCUT2D eigenvalue weighted by Crippen LogP contribution is -2.49. The van der Waals surface area contributed by atoms with Crippen molar-refractivity contribution in [2.24, 2.45) is 0 Å². The van der Waals surface area contributed by atoms with Gasteiger partial charge in [-0.2, -0.15) is 0 Å². The van der Waals surface area contributed by atoms with Crippen LogP contribution in [-0.2, 0) is 0 Å². The number of piperazine rings is 1. The number of hydrogen-bond acceptors (Lipinski definition) is 4. The number of fused-ring (bicyclic) bond motifs is 1. The maximum absolute atomic E-state index is 12.3. The molecule has 0 aliphatic carbocycles. The summed E-state index contributed by atoms with van der Waals surface area (Å²) < 4.78 is 5.41. The molecule has 0 radical (unpaired) electrons. The predicted octanol–water partition coefficient (Wildman–Crippen LogP) is 3.56. The summed E-state index contributed by atoms with van der Waals surface area (Å²) in [6.07, 6.45) is -0.294. The SMILES string of the molecule is O=C(Oc1ccccc1)N1CCN(c2ccc3ccccc3n2)CC1. The average Bonchev–Trinajstić information content (AvgIpc) is 2.68. The zero-order valence-corrected chi connectivity index (χ0v) is 13.8. The maximum atomic E-state index is 12.3. The van der Waals surface area contributed by atoms with Crippen molar-refractivity contribution < 1.29 is 9.53 Å². The monoisotopic (exact) mass is 333 g/mol. The molecular weight excluding hydrogens is 314 g/mol. The van der Waals surface area contributed by atoms with Crippen LogP contribution in [-0.4, -0.2) is 42.2 Å². The number of pyridine rings is 1. The van der Waals surface area contributed by atoms with Crippen LogP contribution in [0.1, 0.15) is 0 Å². The maximum Gasteiger partial charge on any atom is 0.415 e. The second-order valence-electron chi connectivity index (χ2n) is 6.02. The van der Waals surface area contributed by atoms with Gasteiger partial charge < -0.3 is 14.5 Å². The molecule has 1 aliphatic heterocycles. The molecule has 1 amide bonds. The highest BCUT2D eigenvalue weighted by molar-refractivity contribution is 5.80. The molecule has 1 fully saturated rings. The summed E-state index contributed by atoms with van der Waals surface area (Å²) >= 11 is 0. The Morgan fingerprint density at radius 1 is 0.840 bits per heavy atom. The van der Waals surface area contributed by atoms with Gasteiger partial charge in [0.1, 0.15) is 11.6 Å². The summed E-state index contributed by atoms with van der Waals surface area (Å²) in [7, 11) is 0. The first-order valence-corrected chi connectivity index (χ1v) is 8.42. The zero-order chi connectivity index (χ0) is 17.1. The number of carbonyl (C=O) groups excluding carboxylic acids is 1. The predicted molar refractivity (Wildman–Crippen MR) is 98.0 cm³/mol. The van der Waals surface area contributed by atoms with Crippen LogP contribution in [0.4, 0.5) is 10.6 Å². The van der Waals surface area contributed by atoms with Gasteiger partial charge in [-0.25, -0.2) is 9.78 Å². The van der Waals surface area contributed by atoms with Crippen molar-refractivity contribution in [3.8, 4) is 5.75 Å². The summed E-state index contributed by atoms with van der Waals surface area (Å²) in [4.78, 5) is 20.9. The number of ether oxygens (including phenoxy) is 1. The van der Waals surface area contributed by atoms with E-state index >= 15 is 0 Å². The Morgan fingerprint density at radius 2 is 1.56 bits per heavy atom. The van der Waals surface area contributed by atoms with E-state index in [1.54, 1.807) is 17.0 Å². The van der Waals surface area contributed by atoms with Crippen molar-refractivity contribution in [3.63, 3.8) is 0 Å². The van der Waals surface area contributed by atoms with Crippen LogP contribution >= 0.6 is 0 Å². The first kappa shape index (κ1) is 15.4. The smallest absolute Gasteiger partial charge is 0.410 e.